The van der Waals surface area contributed by atoms with Crippen molar-refractivity contribution in [2.24, 2.45) is 17.6 Å². The first-order valence-electron chi connectivity index (χ1n) is 5.06. The highest BCUT2D eigenvalue weighted by Crippen LogP contribution is 2.12. The second-order valence-electron chi connectivity index (χ2n) is 4.23. The van der Waals surface area contributed by atoms with Gasteiger partial charge in [0.2, 0.25) is 5.91 Å². The zero-order valence-electron chi connectivity index (χ0n) is 9.23. The minimum absolute atomic E-state index is 0.00486. The maximum atomic E-state index is 10.5. The van der Waals surface area contributed by atoms with E-state index in [-0.39, 0.29) is 6.42 Å². The lowest BCUT2D eigenvalue weighted by Gasteiger charge is -2.09. The van der Waals surface area contributed by atoms with Crippen molar-refractivity contribution >= 4 is 5.91 Å². The SMILES string of the molecule is CC(C)CC(C)/C=C\C(O)CC(N)=O. The van der Waals surface area contributed by atoms with E-state index in [4.69, 9.17) is 5.73 Å². The summed E-state index contributed by atoms with van der Waals surface area (Å²) in [5.41, 5.74) is 4.95. The van der Waals surface area contributed by atoms with Crippen LogP contribution in [0.2, 0.25) is 0 Å². The normalized spacial score (nSPS) is 16.1. The number of hydrogen-bond donors (Lipinski definition) is 2. The molecule has 0 heterocycles. The fourth-order valence-electron chi connectivity index (χ4n) is 1.41. The third-order valence-corrected chi connectivity index (χ3v) is 1.92. The Morgan fingerprint density at radius 2 is 1.93 bits per heavy atom. The molecule has 2 atom stereocenters. The average molecular weight is 199 g/mol. The highest BCUT2D eigenvalue weighted by atomic mass is 16.3. The molecule has 3 heteroatoms. The molecule has 0 aromatic carbocycles. The smallest absolute Gasteiger partial charge is 0.220 e. The first-order chi connectivity index (χ1) is 6.41. The number of carbonyl (C=O) groups excluding carboxylic acids is 1. The molecular formula is C11H21NO2. The van der Waals surface area contributed by atoms with E-state index >= 15 is 0 Å². The summed E-state index contributed by atoms with van der Waals surface area (Å²) in [6, 6.07) is 0. The van der Waals surface area contributed by atoms with E-state index in [0.717, 1.165) is 6.42 Å². The quantitative estimate of drug-likeness (QED) is 0.636. The fraction of sp³-hybridized carbons (Fsp3) is 0.727. The predicted octanol–water partition coefficient (Wildman–Crippen LogP) is 1.46. The molecular weight excluding hydrogens is 178 g/mol. The number of nitrogens with two attached hydrogens (primary N) is 1. The van der Waals surface area contributed by atoms with Crippen LogP contribution in [0.3, 0.4) is 0 Å². The van der Waals surface area contributed by atoms with Crippen LogP contribution in [0.4, 0.5) is 0 Å². The van der Waals surface area contributed by atoms with Crippen molar-refractivity contribution in [1.82, 2.24) is 0 Å². The molecule has 0 saturated carbocycles. The number of aliphatic hydroxyl groups is 1. The van der Waals surface area contributed by atoms with Gasteiger partial charge in [-0.25, -0.2) is 0 Å². The van der Waals surface area contributed by atoms with Crippen molar-refractivity contribution in [3.05, 3.63) is 12.2 Å². The van der Waals surface area contributed by atoms with Crippen molar-refractivity contribution in [3.8, 4) is 0 Å². The van der Waals surface area contributed by atoms with Crippen LogP contribution in [0.25, 0.3) is 0 Å². The zero-order valence-corrected chi connectivity index (χ0v) is 9.23. The maximum absolute atomic E-state index is 10.5. The van der Waals surface area contributed by atoms with Gasteiger partial charge in [-0.3, -0.25) is 4.79 Å². The third kappa shape index (κ3) is 7.80. The van der Waals surface area contributed by atoms with Gasteiger partial charge in [-0.15, -0.1) is 0 Å². The van der Waals surface area contributed by atoms with Crippen molar-refractivity contribution in [1.29, 1.82) is 0 Å². The number of carbonyl (C=O) groups is 1. The van der Waals surface area contributed by atoms with Crippen LogP contribution in [-0.2, 0) is 4.79 Å². The second-order valence-corrected chi connectivity index (χ2v) is 4.23. The number of hydrogen-bond acceptors (Lipinski definition) is 2. The zero-order chi connectivity index (χ0) is 11.1. The second kappa shape index (κ2) is 6.60. The third-order valence-electron chi connectivity index (χ3n) is 1.92. The Hall–Kier alpha value is -0.830. The summed E-state index contributed by atoms with van der Waals surface area (Å²) in [5.74, 6) is 0.596. The molecule has 0 bridgehead atoms. The van der Waals surface area contributed by atoms with Gasteiger partial charge in [0.05, 0.1) is 12.5 Å². The number of amides is 1. The number of rotatable bonds is 6. The van der Waals surface area contributed by atoms with Crippen LogP contribution in [0.15, 0.2) is 12.2 Å². The lowest BCUT2D eigenvalue weighted by atomic mass is 9.98. The van der Waals surface area contributed by atoms with Gasteiger partial charge in [-0.2, -0.15) is 0 Å². The number of primary amides is 1. The Morgan fingerprint density at radius 1 is 1.36 bits per heavy atom. The molecule has 0 saturated heterocycles. The number of allylic oxidation sites excluding steroid dienone is 1. The summed E-state index contributed by atoms with van der Waals surface area (Å²) >= 11 is 0. The van der Waals surface area contributed by atoms with Crippen LogP contribution in [-0.4, -0.2) is 17.1 Å². The molecule has 0 aromatic heterocycles. The predicted molar refractivity (Wildman–Crippen MR) is 57.6 cm³/mol. The molecule has 2 unspecified atom stereocenters. The first-order valence-corrected chi connectivity index (χ1v) is 5.06. The standard InChI is InChI=1S/C11H21NO2/c1-8(2)6-9(3)4-5-10(13)7-11(12)14/h4-5,8-10,13H,6-7H2,1-3H3,(H2,12,14)/b5-4-. The van der Waals surface area contributed by atoms with Gasteiger partial charge in [0.25, 0.3) is 0 Å². The Labute approximate surface area is 86.0 Å². The van der Waals surface area contributed by atoms with Crippen molar-refractivity contribution < 1.29 is 9.90 Å². The topological polar surface area (TPSA) is 63.3 Å². The Balaban J connectivity index is 3.84. The van der Waals surface area contributed by atoms with Gasteiger partial charge in [0.1, 0.15) is 0 Å². The molecule has 0 aromatic rings. The first kappa shape index (κ1) is 13.2. The van der Waals surface area contributed by atoms with E-state index < -0.39 is 12.0 Å². The van der Waals surface area contributed by atoms with Gasteiger partial charge in [0.15, 0.2) is 0 Å². The van der Waals surface area contributed by atoms with Crippen LogP contribution >= 0.6 is 0 Å². The van der Waals surface area contributed by atoms with E-state index in [1.807, 2.05) is 6.08 Å². The van der Waals surface area contributed by atoms with E-state index in [1.165, 1.54) is 0 Å². The van der Waals surface area contributed by atoms with Gasteiger partial charge >= 0.3 is 0 Å². The molecule has 0 spiro atoms. The molecule has 14 heavy (non-hydrogen) atoms. The summed E-state index contributed by atoms with van der Waals surface area (Å²) in [7, 11) is 0. The van der Waals surface area contributed by atoms with E-state index in [0.29, 0.717) is 11.8 Å². The van der Waals surface area contributed by atoms with Gasteiger partial charge in [0, 0.05) is 0 Å². The monoisotopic (exact) mass is 199 g/mol. The van der Waals surface area contributed by atoms with Crippen molar-refractivity contribution in [3.63, 3.8) is 0 Å². The summed E-state index contributed by atoms with van der Waals surface area (Å²) in [6.07, 6.45) is 3.94. The van der Waals surface area contributed by atoms with Gasteiger partial charge < -0.3 is 10.8 Å². The molecule has 3 nitrogen and oxygen atoms in total. The fourth-order valence-corrected chi connectivity index (χ4v) is 1.41. The van der Waals surface area contributed by atoms with E-state index in [2.05, 4.69) is 20.8 Å². The molecule has 82 valence electrons. The van der Waals surface area contributed by atoms with Crippen LogP contribution < -0.4 is 5.73 Å². The molecule has 0 rings (SSSR count). The van der Waals surface area contributed by atoms with E-state index in [9.17, 15) is 9.90 Å². The Bertz CT molecular complexity index is 199. The molecule has 0 aliphatic carbocycles. The van der Waals surface area contributed by atoms with Gasteiger partial charge in [-0.05, 0) is 18.3 Å². The lowest BCUT2D eigenvalue weighted by molar-refractivity contribution is -0.119. The maximum Gasteiger partial charge on any atom is 0.220 e. The molecule has 3 N–H and O–H groups in total. The van der Waals surface area contributed by atoms with Crippen molar-refractivity contribution in [2.75, 3.05) is 0 Å². The highest BCUT2D eigenvalue weighted by molar-refractivity contribution is 5.74. The molecule has 0 aliphatic heterocycles. The highest BCUT2D eigenvalue weighted by Gasteiger charge is 2.05. The van der Waals surface area contributed by atoms with Gasteiger partial charge in [-0.1, -0.05) is 32.9 Å². The van der Waals surface area contributed by atoms with E-state index in [1.54, 1.807) is 6.08 Å². The van der Waals surface area contributed by atoms with Crippen LogP contribution in [0.1, 0.15) is 33.6 Å². The molecule has 0 aliphatic rings. The lowest BCUT2D eigenvalue weighted by Crippen LogP contribution is -2.18. The van der Waals surface area contributed by atoms with Crippen LogP contribution in [0, 0.1) is 11.8 Å². The average Bonchev–Trinajstić information content (AvgIpc) is 1.98. The largest absolute Gasteiger partial charge is 0.389 e. The molecule has 1 amide bonds. The summed E-state index contributed by atoms with van der Waals surface area (Å²) in [6.45, 7) is 6.40. The summed E-state index contributed by atoms with van der Waals surface area (Å²) < 4.78 is 0. The summed E-state index contributed by atoms with van der Waals surface area (Å²) in [4.78, 5) is 10.5. The number of aliphatic hydroxyl groups excluding tert-OH is 1. The minimum Gasteiger partial charge on any atom is -0.389 e. The van der Waals surface area contributed by atoms with Crippen molar-refractivity contribution in [2.45, 2.75) is 39.7 Å². The Morgan fingerprint density at radius 3 is 2.36 bits per heavy atom. The molecule has 0 radical (unpaired) electrons. The molecule has 0 fully saturated rings. The Kier molecular flexibility index (Phi) is 6.21. The summed E-state index contributed by atoms with van der Waals surface area (Å²) in [5, 5.41) is 9.31. The van der Waals surface area contributed by atoms with Crippen LogP contribution in [0.5, 0.6) is 0 Å². The minimum atomic E-state index is -0.734.